The van der Waals surface area contributed by atoms with Gasteiger partial charge in [0.1, 0.15) is 0 Å². The maximum absolute atomic E-state index is 15.6. The van der Waals surface area contributed by atoms with Crippen LogP contribution >= 0.6 is 0 Å². The van der Waals surface area contributed by atoms with Gasteiger partial charge in [0.2, 0.25) is 0 Å². The van der Waals surface area contributed by atoms with E-state index in [1.807, 2.05) is 132 Å². The largest absolute Gasteiger partial charge is 0.308 e. The molecule has 8 nitrogen and oxygen atoms in total. The molecule has 0 atom stereocenters. The van der Waals surface area contributed by atoms with Crippen LogP contribution in [-0.2, 0) is 0 Å². The van der Waals surface area contributed by atoms with E-state index in [2.05, 4.69) is 45.1 Å². The van der Waals surface area contributed by atoms with E-state index in [4.69, 9.17) is 6.57 Å². The molecule has 4 heterocycles. The Bertz CT molecular complexity index is 3450. The Balaban J connectivity index is 1.16. The number of hydrogen-bond acceptors (Lipinski definition) is 5. The summed E-state index contributed by atoms with van der Waals surface area (Å²) in [6.45, 7) is 7.86. The summed E-state index contributed by atoms with van der Waals surface area (Å²) in [4.78, 5) is 44.5. The smallest absolute Gasteiger partial charge is 0.268 e. The van der Waals surface area contributed by atoms with Gasteiger partial charge in [0.05, 0.1) is 51.7 Å². The van der Waals surface area contributed by atoms with Crippen LogP contribution in [0.3, 0.4) is 0 Å². The second-order valence-electron chi connectivity index (χ2n) is 15.5. The number of carbonyl (C=O) groups excluding carboxylic acids is 2. The summed E-state index contributed by atoms with van der Waals surface area (Å²) < 4.78 is 2.04. The molecular formula is C56H32N6O2. The predicted molar refractivity (Wildman–Crippen MR) is 252 cm³/mol. The number of nitriles is 1. The molecule has 0 saturated heterocycles. The van der Waals surface area contributed by atoms with Crippen LogP contribution in [0.1, 0.15) is 26.3 Å². The number of hydrogen-bond donors (Lipinski definition) is 0. The lowest BCUT2D eigenvalue weighted by Gasteiger charge is -2.24. The van der Waals surface area contributed by atoms with Crippen molar-refractivity contribution in [3.05, 3.63) is 223 Å². The average molecular weight is 821 g/mol. The zero-order valence-corrected chi connectivity index (χ0v) is 34.0. The molecule has 3 aromatic heterocycles. The first-order chi connectivity index (χ1) is 31.5. The SMILES string of the molecule is [C-]#[N+]c1ccncc1-c1ccc2c(c1)c1cc(-c3cnccc3C#N)ccc1n2-c1cccc2c1C(=O)N(c1c(-c3ccccc3)cc(-c3ccccc3)cc1-c1ccccc1)C2=O. The van der Waals surface area contributed by atoms with Crippen molar-refractivity contribution in [2.45, 2.75) is 0 Å². The molecule has 64 heavy (non-hydrogen) atoms. The Morgan fingerprint density at radius 1 is 0.500 bits per heavy atom. The predicted octanol–water partition coefficient (Wildman–Crippen LogP) is 13.1. The summed E-state index contributed by atoms with van der Waals surface area (Å²) in [5.41, 5.74) is 12.3. The minimum Gasteiger partial charge on any atom is -0.308 e. The highest BCUT2D eigenvalue weighted by Gasteiger charge is 2.42. The molecular weight excluding hydrogens is 789 g/mol. The first-order valence-electron chi connectivity index (χ1n) is 20.6. The van der Waals surface area contributed by atoms with Gasteiger partial charge in [0.15, 0.2) is 5.69 Å². The van der Waals surface area contributed by atoms with Gasteiger partial charge < -0.3 is 4.57 Å². The van der Waals surface area contributed by atoms with E-state index in [1.54, 1.807) is 43.0 Å². The monoisotopic (exact) mass is 820 g/mol. The first-order valence-corrected chi connectivity index (χ1v) is 20.6. The van der Waals surface area contributed by atoms with Crippen molar-refractivity contribution in [1.29, 1.82) is 5.26 Å². The van der Waals surface area contributed by atoms with Crippen LogP contribution in [-0.4, -0.2) is 26.3 Å². The molecule has 10 aromatic rings. The fourth-order valence-corrected chi connectivity index (χ4v) is 9.05. The number of nitrogens with zero attached hydrogens (tertiary/aromatic N) is 6. The molecule has 1 aliphatic rings. The van der Waals surface area contributed by atoms with E-state index in [9.17, 15) is 5.26 Å². The third-order valence-electron chi connectivity index (χ3n) is 12.0. The number of carbonyl (C=O) groups is 2. The fourth-order valence-electron chi connectivity index (χ4n) is 9.05. The Morgan fingerprint density at radius 2 is 1.06 bits per heavy atom. The number of aromatic nitrogens is 3. The van der Waals surface area contributed by atoms with Gasteiger partial charge in [0, 0.05) is 57.8 Å². The van der Waals surface area contributed by atoms with Crippen molar-refractivity contribution in [2.24, 2.45) is 0 Å². The molecule has 2 amide bonds. The van der Waals surface area contributed by atoms with Gasteiger partial charge in [-0.3, -0.25) is 19.6 Å². The lowest BCUT2D eigenvalue weighted by molar-refractivity contribution is 0.0926. The van der Waals surface area contributed by atoms with Crippen molar-refractivity contribution in [1.82, 2.24) is 14.5 Å². The highest BCUT2D eigenvalue weighted by atomic mass is 16.2. The Labute approximate surface area is 368 Å². The highest BCUT2D eigenvalue weighted by Crippen LogP contribution is 2.47. The van der Waals surface area contributed by atoms with Crippen molar-refractivity contribution < 1.29 is 9.59 Å². The third-order valence-corrected chi connectivity index (χ3v) is 12.0. The number of anilines is 1. The van der Waals surface area contributed by atoms with Gasteiger partial charge in [0.25, 0.3) is 11.8 Å². The van der Waals surface area contributed by atoms with Gasteiger partial charge in [-0.15, -0.1) is 0 Å². The molecule has 11 rings (SSSR count). The van der Waals surface area contributed by atoms with Crippen LogP contribution in [0.4, 0.5) is 11.4 Å². The fraction of sp³-hybridized carbons (Fsp3) is 0. The molecule has 1 aliphatic heterocycles. The van der Waals surface area contributed by atoms with E-state index in [1.165, 1.54) is 4.90 Å². The zero-order chi connectivity index (χ0) is 43.3. The second kappa shape index (κ2) is 15.3. The summed E-state index contributed by atoms with van der Waals surface area (Å²) in [6.07, 6.45) is 6.58. The number of imide groups is 1. The summed E-state index contributed by atoms with van der Waals surface area (Å²) in [5, 5.41) is 11.7. The molecule has 0 aliphatic carbocycles. The van der Waals surface area contributed by atoms with Crippen molar-refractivity contribution >= 4 is 45.0 Å². The summed E-state index contributed by atoms with van der Waals surface area (Å²) in [5.74, 6) is -0.857. The summed E-state index contributed by atoms with van der Waals surface area (Å²) in [7, 11) is 0. The number of fused-ring (bicyclic) bond motifs is 4. The van der Waals surface area contributed by atoms with Crippen LogP contribution < -0.4 is 4.90 Å². The highest BCUT2D eigenvalue weighted by molar-refractivity contribution is 6.37. The molecule has 0 fully saturated rings. The Kier molecular flexibility index (Phi) is 9.05. The van der Waals surface area contributed by atoms with Crippen LogP contribution in [0.15, 0.2) is 195 Å². The van der Waals surface area contributed by atoms with Crippen LogP contribution in [0.25, 0.3) is 88.0 Å². The van der Waals surface area contributed by atoms with Gasteiger partial charge in [-0.25, -0.2) is 9.74 Å². The average Bonchev–Trinajstić information content (AvgIpc) is 3.83. The molecule has 0 saturated carbocycles. The summed E-state index contributed by atoms with van der Waals surface area (Å²) >= 11 is 0. The van der Waals surface area contributed by atoms with Gasteiger partial charge in [-0.05, 0) is 94.0 Å². The number of rotatable bonds is 7. The van der Waals surface area contributed by atoms with Crippen LogP contribution in [0.5, 0.6) is 0 Å². The van der Waals surface area contributed by atoms with Crippen LogP contribution in [0.2, 0.25) is 0 Å². The molecule has 8 heteroatoms. The molecule has 0 unspecified atom stereocenters. The third kappa shape index (κ3) is 6.06. The van der Waals surface area contributed by atoms with Crippen molar-refractivity contribution in [3.8, 4) is 67.4 Å². The number of amides is 2. The number of benzene rings is 7. The minimum atomic E-state index is -0.438. The van der Waals surface area contributed by atoms with E-state index in [-0.39, 0.29) is 5.56 Å². The maximum Gasteiger partial charge on any atom is 0.268 e. The molecule has 0 radical (unpaired) electrons. The quantitative estimate of drug-likeness (QED) is 0.118. The molecule has 0 N–H and O–H groups in total. The standard InChI is InChI=1S/C56H32N6O2/c1-58-49-25-27-60-34-48(49)39-21-23-51-46(29-39)45-28-38(47-33-59-26-24-40(47)32-57)20-22-50(45)61(51)52-19-11-18-42-53(52)56(64)62(55(42)63)54-43(36-14-7-3-8-15-36)30-41(35-12-5-2-6-13-35)31-44(54)37-16-9-4-10-17-37/h2-31,33-34H. The Hall–Kier alpha value is -9.24. The Morgan fingerprint density at radius 3 is 1.66 bits per heavy atom. The first kappa shape index (κ1) is 37.7. The topological polar surface area (TPSA) is 96.2 Å². The van der Waals surface area contributed by atoms with Crippen molar-refractivity contribution in [3.63, 3.8) is 0 Å². The molecule has 0 bridgehead atoms. The number of pyridine rings is 2. The summed E-state index contributed by atoms with van der Waals surface area (Å²) in [6, 6.07) is 57.1. The zero-order valence-electron chi connectivity index (χ0n) is 34.0. The van der Waals surface area contributed by atoms with E-state index in [0.29, 0.717) is 39.3 Å². The van der Waals surface area contributed by atoms with Crippen molar-refractivity contribution in [2.75, 3.05) is 4.90 Å². The second-order valence-corrected chi connectivity index (χ2v) is 15.5. The maximum atomic E-state index is 15.6. The van der Waals surface area contributed by atoms with Gasteiger partial charge in [-0.1, -0.05) is 109 Å². The van der Waals surface area contributed by atoms with E-state index in [0.717, 1.165) is 66.3 Å². The molecule has 0 spiro atoms. The van der Waals surface area contributed by atoms with E-state index < -0.39 is 11.8 Å². The normalized spacial score (nSPS) is 12.1. The molecule has 298 valence electrons. The lowest BCUT2D eigenvalue weighted by atomic mass is 9.90. The minimum absolute atomic E-state index is 0.284. The van der Waals surface area contributed by atoms with Gasteiger partial charge >= 0.3 is 0 Å². The lowest BCUT2D eigenvalue weighted by Crippen LogP contribution is -2.30. The molecule has 7 aromatic carbocycles. The van der Waals surface area contributed by atoms with Gasteiger partial charge in [-0.2, -0.15) is 5.26 Å². The van der Waals surface area contributed by atoms with E-state index >= 15 is 9.59 Å². The van der Waals surface area contributed by atoms with Crippen LogP contribution in [0, 0.1) is 17.9 Å².